The second kappa shape index (κ2) is 8.04. The highest BCUT2D eigenvalue weighted by Gasteiger charge is 2.23. The first-order chi connectivity index (χ1) is 11.4. The summed E-state index contributed by atoms with van der Waals surface area (Å²) in [5.74, 6) is 0. The van der Waals surface area contributed by atoms with Crippen LogP contribution in [-0.4, -0.2) is 36.4 Å². The molecule has 11 nitrogen and oxygen atoms in total. The van der Waals surface area contributed by atoms with Gasteiger partial charge in [-0.05, 0) is 19.3 Å². The number of rotatable bonds is 3. The molecule has 0 spiro atoms. The lowest BCUT2D eigenvalue weighted by atomic mass is 10.2. The third-order valence-electron chi connectivity index (χ3n) is 3.09. The third-order valence-corrected chi connectivity index (χ3v) is 3.64. The lowest BCUT2D eigenvalue weighted by Crippen LogP contribution is -2.18. The number of H-pyrrole nitrogens is 1. The van der Waals surface area contributed by atoms with E-state index in [0.29, 0.717) is 6.61 Å². The van der Waals surface area contributed by atoms with E-state index in [2.05, 4.69) is 15.3 Å². The summed E-state index contributed by atoms with van der Waals surface area (Å²) >= 11 is 10.9. The van der Waals surface area contributed by atoms with E-state index in [0.717, 1.165) is 25.5 Å². The number of aromatic nitrogens is 4. The summed E-state index contributed by atoms with van der Waals surface area (Å²) in [6, 6.07) is 0. The summed E-state index contributed by atoms with van der Waals surface area (Å²) in [5, 5.41) is 29.8. The zero-order chi connectivity index (χ0) is 17.7. The molecular formula is C11H12Cl2N6O5. The average molecular weight is 379 g/mol. The molecule has 1 unspecified atom stereocenters. The van der Waals surface area contributed by atoms with Gasteiger partial charge in [0.2, 0.25) is 10.3 Å². The van der Waals surface area contributed by atoms with Crippen LogP contribution in [0, 0.1) is 20.2 Å². The Morgan fingerprint density at radius 2 is 1.96 bits per heavy atom. The molecule has 2 aromatic rings. The van der Waals surface area contributed by atoms with E-state index in [4.69, 9.17) is 27.9 Å². The maximum atomic E-state index is 10.5. The Hall–Kier alpha value is -2.24. The predicted molar refractivity (Wildman–Crippen MR) is 83.0 cm³/mol. The molecule has 1 N–H and O–H groups in total. The van der Waals surface area contributed by atoms with E-state index in [1.807, 2.05) is 0 Å². The summed E-state index contributed by atoms with van der Waals surface area (Å²) in [6.07, 6.45) is 5.03. The Labute approximate surface area is 144 Å². The van der Waals surface area contributed by atoms with Crippen LogP contribution in [0.4, 0.5) is 11.4 Å². The first-order valence-electron chi connectivity index (χ1n) is 6.74. The van der Waals surface area contributed by atoms with Gasteiger partial charge in [0.1, 0.15) is 18.6 Å². The molecule has 1 fully saturated rings. The van der Waals surface area contributed by atoms with Crippen LogP contribution >= 0.6 is 23.2 Å². The largest absolute Gasteiger partial charge is 0.357 e. The van der Waals surface area contributed by atoms with E-state index >= 15 is 0 Å². The zero-order valence-corrected chi connectivity index (χ0v) is 13.6. The third kappa shape index (κ3) is 4.40. The summed E-state index contributed by atoms with van der Waals surface area (Å²) in [6.45, 7) is 0.663. The van der Waals surface area contributed by atoms with E-state index in [-0.39, 0.29) is 27.9 Å². The molecule has 1 atom stereocenters. The number of hydrogen-bond acceptors (Lipinski definition) is 7. The molecule has 3 heterocycles. The van der Waals surface area contributed by atoms with Gasteiger partial charge < -0.3 is 4.74 Å². The van der Waals surface area contributed by atoms with Crippen LogP contribution < -0.4 is 0 Å². The molecule has 0 aromatic carbocycles. The van der Waals surface area contributed by atoms with Crippen molar-refractivity contribution >= 4 is 34.6 Å². The average Bonchev–Trinajstić information content (AvgIpc) is 3.15. The van der Waals surface area contributed by atoms with Crippen molar-refractivity contribution in [3.05, 3.63) is 42.9 Å². The van der Waals surface area contributed by atoms with Crippen LogP contribution in [0.3, 0.4) is 0 Å². The van der Waals surface area contributed by atoms with Crippen LogP contribution in [0.5, 0.6) is 0 Å². The zero-order valence-electron chi connectivity index (χ0n) is 12.1. The van der Waals surface area contributed by atoms with Crippen LogP contribution in [0.25, 0.3) is 0 Å². The fourth-order valence-electron chi connectivity index (χ4n) is 1.95. The monoisotopic (exact) mass is 378 g/mol. The highest BCUT2D eigenvalue weighted by Crippen LogP contribution is 2.28. The van der Waals surface area contributed by atoms with Crippen LogP contribution in [-0.2, 0) is 4.74 Å². The molecule has 0 radical (unpaired) electrons. The smallest absolute Gasteiger partial charge is 0.326 e. The maximum absolute atomic E-state index is 10.5. The Morgan fingerprint density at radius 3 is 2.38 bits per heavy atom. The molecule has 0 aliphatic carbocycles. The van der Waals surface area contributed by atoms with Gasteiger partial charge in [0.15, 0.2) is 0 Å². The molecule has 130 valence electrons. The van der Waals surface area contributed by atoms with E-state index in [1.54, 1.807) is 0 Å². The minimum atomic E-state index is -0.605. The standard InChI is InChI=1S/C8H10ClN3O3.C3H2ClN3O2/c9-8-6(12(13)14)5-11(10-8)7-3-1-2-4-15-7;4-3-2(7(8)9)1-5-6-3/h5,7H,1-4H2;1H,(H,5,6). The number of nitro groups is 2. The highest BCUT2D eigenvalue weighted by molar-refractivity contribution is 6.31. The molecule has 24 heavy (non-hydrogen) atoms. The quantitative estimate of drug-likeness (QED) is 0.638. The topological polar surface area (TPSA) is 142 Å². The van der Waals surface area contributed by atoms with Gasteiger partial charge in [-0.15, -0.1) is 0 Å². The van der Waals surface area contributed by atoms with Gasteiger partial charge in [-0.3, -0.25) is 25.3 Å². The maximum Gasteiger partial charge on any atom is 0.326 e. The lowest BCUT2D eigenvalue weighted by molar-refractivity contribution is -0.385. The number of ether oxygens (including phenoxy) is 1. The first kappa shape index (κ1) is 18.1. The van der Waals surface area contributed by atoms with Crippen LogP contribution in [0.15, 0.2) is 12.4 Å². The van der Waals surface area contributed by atoms with E-state index < -0.39 is 9.85 Å². The fraction of sp³-hybridized carbons (Fsp3) is 0.455. The molecule has 13 heteroatoms. The fourth-order valence-corrected chi connectivity index (χ4v) is 2.33. The second-order valence-electron chi connectivity index (χ2n) is 4.69. The van der Waals surface area contributed by atoms with E-state index in [1.165, 1.54) is 10.9 Å². The van der Waals surface area contributed by atoms with Gasteiger partial charge in [-0.25, -0.2) is 4.68 Å². The SMILES string of the molecule is O=[N+]([O-])c1cn(C2CCCCO2)nc1Cl.O=[N+]([O-])c1cn[nH]c1Cl. The molecule has 3 rings (SSSR count). The summed E-state index contributed by atoms with van der Waals surface area (Å²) in [7, 11) is 0. The van der Waals surface area contributed by atoms with Crippen molar-refractivity contribution in [1.82, 2.24) is 20.0 Å². The van der Waals surface area contributed by atoms with Crippen molar-refractivity contribution in [3.8, 4) is 0 Å². The van der Waals surface area contributed by atoms with Crippen molar-refractivity contribution in [2.75, 3.05) is 6.61 Å². The number of hydrogen-bond donors (Lipinski definition) is 1. The molecule has 0 bridgehead atoms. The van der Waals surface area contributed by atoms with Crippen molar-refractivity contribution in [2.45, 2.75) is 25.5 Å². The van der Waals surface area contributed by atoms with Crippen molar-refractivity contribution < 1.29 is 14.6 Å². The minimum Gasteiger partial charge on any atom is -0.357 e. The van der Waals surface area contributed by atoms with Gasteiger partial charge in [0, 0.05) is 6.61 Å². The number of halogens is 2. The number of nitrogens with one attached hydrogen (secondary N) is 1. The van der Waals surface area contributed by atoms with Crippen LogP contribution in [0.2, 0.25) is 10.3 Å². The summed E-state index contributed by atoms with van der Waals surface area (Å²) < 4.78 is 6.86. The predicted octanol–water partition coefficient (Wildman–Crippen LogP) is 3.12. The summed E-state index contributed by atoms with van der Waals surface area (Å²) in [5.41, 5.74) is -0.373. The van der Waals surface area contributed by atoms with Gasteiger partial charge in [0.05, 0.1) is 9.85 Å². The van der Waals surface area contributed by atoms with Gasteiger partial charge >= 0.3 is 11.4 Å². The number of aromatic amines is 1. The molecule has 1 aliphatic rings. The molecule has 1 saturated heterocycles. The normalized spacial score (nSPS) is 17.0. The lowest BCUT2D eigenvalue weighted by Gasteiger charge is -2.22. The van der Waals surface area contributed by atoms with Gasteiger partial charge in [-0.2, -0.15) is 10.2 Å². The molecular weight excluding hydrogens is 367 g/mol. The second-order valence-corrected chi connectivity index (χ2v) is 5.43. The molecule has 0 amide bonds. The Bertz CT molecular complexity index is 726. The first-order valence-corrected chi connectivity index (χ1v) is 7.49. The van der Waals surface area contributed by atoms with Crippen LogP contribution in [0.1, 0.15) is 25.5 Å². The Balaban J connectivity index is 0.000000198. The van der Waals surface area contributed by atoms with Crippen molar-refractivity contribution in [2.24, 2.45) is 0 Å². The Kier molecular flexibility index (Phi) is 6.06. The van der Waals surface area contributed by atoms with Crippen molar-refractivity contribution in [3.63, 3.8) is 0 Å². The highest BCUT2D eigenvalue weighted by atomic mass is 35.5. The van der Waals surface area contributed by atoms with Crippen molar-refractivity contribution in [1.29, 1.82) is 0 Å². The number of nitrogens with zero attached hydrogens (tertiary/aromatic N) is 5. The Morgan fingerprint density at radius 1 is 1.25 bits per heavy atom. The van der Waals surface area contributed by atoms with E-state index in [9.17, 15) is 20.2 Å². The van der Waals surface area contributed by atoms with Gasteiger partial charge in [0.25, 0.3) is 0 Å². The van der Waals surface area contributed by atoms with Gasteiger partial charge in [-0.1, -0.05) is 23.2 Å². The molecule has 0 saturated carbocycles. The molecule has 2 aromatic heterocycles. The minimum absolute atomic E-state index is 0.0417. The molecule has 1 aliphatic heterocycles. The summed E-state index contributed by atoms with van der Waals surface area (Å²) in [4.78, 5) is 19.3.